The van der Waals surface area contributed by atoms with Crippen molar-refractivity contribution >= 4 is 22.8 Å². The van der Waals surface area contributed by atoms with Crippen molar-refractivity contribution < 1.29 is 9.53 Å². The zero-order chi connectivity index (χ0) is 20.0. The number of thiophene rings is 1. The predicted molar refractivity (Wildman–Crippen MR) is 114 cm³/mol. The van der Waals surface area contributed by atoms with Crippen molar-refractivity contribution in [2.75, 3.05) is 7.11 Å². The molecule has 146 valence electrons. The summed E-state index contributed by atoms with van der Waals surface area (Å²) in [5.74, 6) is 1.18. The minimum absolute atomic E-state index is 0.151. The molecule has 5 rings (SSSR count). The first-order valence-corrected chi connectivity index (χ1v) is 10.7. The molecule has 1 aliphatic carbocycles. The molecule has 1 atom stereocenters. The van der Waals surface area contributed by atoms with Crippen LogP contribution < -0.4 is 4.74 Å². The Morgan fingerprint density at radius 2 is 2.03 bits per heavy atom. The summed E-state index contributed by atoms with van der Waals surface area (Å²) >= 11 is 1.71. The number of benzene rings is 1. The van der Waals surface area contributed by atoms with Crippen molar-refractivity contribution in [3.63, 3.8) is 0 Å². The molecule has 6 heteroatoms. The first-order chi connectivity index (χ1) is 14.2. The van der Waals surface area contributed by atoms with Crippen LogP contribution in [-0.2, 0) is 12.8 Å². The van der Waals surface area contributed by atoms with E-state index in [1.165, 1.54) is 4.88 Å². The van der Waals surface area contributed by atoms with E-state index in [-0.39, 0.29) is 11.7 Å². The number of aryl methyl sites for hydroxylation is 1. The minimum atomic E-state index is 0.151. The number of Topliss-reactive ketones (excluding diaryl/α,β-unsaturated/α-hetero) is 1. The Morgan fingerprint density at radius 3 is 2.72 bits per heavy atom. The Hall–Kier alpha value is -2.99. The van der Waals surface area contributed by atoms with E-state index < -0.39 is 0 Å². The number of fused-ring (bicyclic) bond motifs is 2. The summed E-state index contributed by atoms with van der Waals surface area (Å²) in [5.41, 5.74) is 5.46. The number of nitrogens with zero attached hydrogens (tertiary/aromatic N) is 3. The van der Waals surface area contributed by atoms with Crippen molar-refractivity contribution in [2.45, 2.75) is 32.1 Å². The monoisotopic (exact) mass is 403 g/mol. The third kappa shape index (κ3) is 3.04. The van der Waals surface area contributed by atoms with Crippen molar-refractivity contribution in [3.8, 4) is 16.9 Å². The molecule has 0 aliphatic heterocycles. The SMILES string of the molecule is CCc1nn2cc3c(nc2c1-c1ccc(OC)cc1)CC(c1cccs1)CC3=O. The second kappa shape index (κ2) is 7.12. The van der Waals surface area contributed by atoms with Crippen molar-refractivity contribution in [1.82, 2.24) is 14.6 Å². The number of ether oxygens (including phenoxy) is 1. The molecule has 1 unspecified atom stereocenters. The normalized spacial score (nSPS) is 16.2. The van der Waals surface area contributed by atoms with Crippen LogP contribution in [0.1, 0.15) is 45.9 Å². The van der Waals surface area contributed by atoms with Gasteiger partial charge in [0.05, 0.1) is 24.1 Å². The zero-order valence-corrected chi connectivity index (χ0v) is 17.2. The van der Waals surface area contributed by atoms with Gasteiger partial charge in [-0.3, -0.25) is 4.79 Å². The van der Waals surface area contributed by atoms with Gasteiger partial charge in [0.25, 0.3) is 0 Å². The highest BCUT2D eigenvalue weighted by Crippen LogP contribution is 2.36. The van der Waals surface area contributed by atoms with Gasteiger partial charge in [0.2, 0.25) is 0 Å². The van der Waals surface area contributed by atoms with Crippen molar-refractivity contribution in [3.05, 3.63) is 69.8 Å². The highest BCUT2D eigenvalue weighted by molar-refractivity contribution is 7.10. The van der Waals surface area contributed by atoms with Gasteiger partial charge in [0.1, 0.15) is 5.75 Å². The summed E-state index contributed by atoms with van der Waals surface area (Å²) in [6, 6.07) is 12.1. The van der Waals surface area contributed by atoms with Gasteiger partial charge in [-0.15, -0.1) is 11.3 Å². The molecule has 29 heavy (non-hydrogen) atoms. The topological polar surface area (TPSA) is 56.5 Å². The lowest BCUT2D eigenvalue weighted by Gasteiger charge is -2.22. The summed E-state index contributed by atoms with van der Waals surface area (Å²) in [7, 11) is 1.66. The predicted octanol–water partition coefficient (Wildman–Crippen LogP) is 4.94. The van der Waals surface area contributed by atoms with E-state index >= 15 is 0 Å². The summed E-state index contributed by atoms with van der Waals surface area (Å²) in [4.78, 5) is 19.1. The third-order valence-electron chi connectivity index (χ3n) is 5.59. The minimum Gasteiger partial charge on any atom is -0.497 e. The zero-order valence-electron chi connectivity index (χ0n) is 16.4. The van der Waals surface area contributed by atoms with Gasteiger partial charge in [-0.1, -0.05) is 25.1 Å². The van der Waals surface area contributed by atoms with Crippen LogP contribution in [0.3, 0.4) is 0 Å². The smallest absolute Gasteiger partial charge is 0.166 e. The largest absolute Gasteiger partial charge is 0.497 e. The van der Waals surface area contributed by atoms with Crippen LogP contribution in [0.25, 0.3) is 16.8 Å². The molecule has 0 spiro atoms. The van der Waals surface area contributed by atoms with E-state index in [2.05, 4.69) is 18.4 Å². The first-order valence-electron chi connectivity index (χ1n) is 9.80. The molecule has 0 N–H and O–H groups in total. The summed E-state index contributed by atoms with van der Waals surface area (Å²) in [5, 5.41) is 6.80. The molecule has 0 bridgehead atoms. The first kappa shape index (κ1) is 18.1. The summed E-state index contributed by atoms with van der Waals surface area (Å²) in [6.45, 7) is 2.09. The fourth-order valence-electron chi connectivity index (χ4n) is 4.11. The van der Waals surface area contributed by atoms with Gasteiger partial charge in [-0.2, -0.15) is 5.10 Å². The second-order valence-corrected chi connectivity index (χ2v) is 8.30. The van der Waals surface area contributed by atoms with Crippen LogP contribution in [0, 0.1) is 0 Å². The van der Waals surface area contributed by atoms with Gasteiger partial charge in [0, 0.05) is 29.0 Å². The van der Waals surface area contributed by atoms with Crippen LogP contribution >= 0.6 is 11.3 Å². The van der Waals surface area contributed by atoms with E-state index in [0.29, 0.717) is 12.0 Å². The second-order valence-electron chi connectivity index (χ2n) is 7.32. The fraction of sp³-hybridized carbons (Fsp3) is 0.261. The Kier molecular flexibility index (Phi) is 4.43. The van der Waals surface area contributed by atoms with Crippen molar-refractivity contribution in [2.24, 2.45) is 0 Å². The molecule has 5 nitrogen and oxygen atoms in total. The van der Waals surface area contributed by atoms with Gasteiger partial charge < -0.3 is 4.74 Å². The number of hydrogen-bond donors (Lipinski definition) is 0. The van der Waals surface area contributed by atoms with Crippen LogP contribution in [0.5, 0.6) is 5.75 Å². The molecule has 0 saturated heterocycles. The highest BCUT2D eigenvalue weighted by atomic mass is 32.1. The fourth-order valence-corrected chi connectivity index (χ4v) is 4.94. The maximum atomic E-state index is 12.8. The molecule has 3 heterocycles. The van der Waals surface area contributed by atoms with Crippen molar-refractivity contribution in [1.29, 1.82) is 0 Å². The van der Waals surface area contributed by atoms with Crippen LogP contribution in [0.2, 0.25) is 0 Å². The Bertz CT molecular complexity index is 1190. The number of methoxy groups -OCH3 is 1. The maximum absolute atomic E-state index is 12.8. The summed E-state index contributed by atoms with van der Waals surface area (Å²) < 4.78 is 7.07. The van der Waals surface area contributed by atoms with Gasteiger partial charge in [-0.05, 0) is 42.0 Å². The quantitative estimate of drug-likeness (QED) is 0.484. The number of aromatic nitrogens is 3. The number of rotatable bonds is 4. The number of hydrogen-bond acceptors (Lipinski definition) is 5. The van der Waals surface area contributed by atoms with E-state index in [1.54, 1.807) is 23.0 Å². The molecular formula is C23H21N3O2S. The summed E-state index contributed by atoms with van der Waals surface area (Å²) in [6.07, 6.45) is 3.98. The van der Waals surface area contributed by atoms with Crippen LogP contribution in [0.15, 0.2) is 48.0 Å². The average molecular weight is 404 g/mol. The lowest BCUT2D eigenvalue weighted by Crippen LogP contribution is -2.20. The average Bonchev–Trinajstić information content (AvgIpc) is 3.40. The Morgan fingerprint density at radius 1 is 1.21 bits per heavy atom. The molecule has 0 radical (unpaired) electrons. The molecular weight excluding hydrogens is 382 g/mol. The number of carbonyl (C=O) groups excluding carboxylic acids is 1. The van der Waals surface area contributed by atoms with Gasteiger partial charge >= 0.3 is 0 Å². The highest BCUT2D eigenvalue weighted by Gasteiger charge is 2.29. The molecule has 0 amide bonds. The van der Waals surface area contributed by atoms with Crippen LogP contribution in [0.4, 0.5) is 0 Å². The lowest BCUT2D eigenvalue weighted by atomic mass is 9.85. The van der Waals surface area contributed by atoms with E-state index in [1.807, 2.05) is 36.5 Å². The third-order valence-corrected chi connectivity index (χ3v) is 6.63. The van der Waals surface area contributed by atoms with Gasteiger partial charge in [0.15, 0.2) is 11.4 Å². The molecule has 3 aromatic heterocycles. The number of carbonyl (C=O) groups is 1. The van der Waals surface area contributed by atoms with E-state index in [4.69, 9.17) is 14.8 Å². The molecule has 1 aliphatic rings. The van der Waals surface area contributed by atoms with Gasteiger partial charge in [-0.25, -0.2) is 9.50 Å². The molecule has 0 fully saturated rings. The van der Waals surface area contributed by atoms with Crippen LogP contribution in [-0.4, -0.2) is 27.5 Å². The molecule has 0 saturated carbocycles. The lowest BCUT2D eigenvalue weighted by molar-refractivity contribution is 0.0963. The molecule has 1 aromatic carbocycles. The Balaban J connectivity index is 1.65. The van der Waals surface area contributed by atoms with E-state index in [9.17, 15) is 4.79 Å². The maximum Gasteiger partial charge on any atom is 0.166 e. The van der Waals surface area contributed by atoms with E-state index in [0.717, 1.165) is 46.8 Å². The Labute approximate surface area is 173 Å². The number of ketones is 1. The standard InChI is InChI=1S/C23H21N3O2S/c1-3-18-22(14-6-8-16(28-2)9-7-14)23-24-19-11-15(21-5-4-10-29-21)12-20(27)17(19)13-26(23)25-18/h4-10,13,15H,3,11-12H2,1-2H3. The molecule has 4 aromatic rings.